The average Bonchev–Trinajstić information content (AvgIpc) is 2.35. The summed E-state index contributed by atoms with van der Waals surface area (Å²) in [6, 6.07) is 6.16. The third kappa shape index (κ3) is 4.52. The lowest BCUT2D eigenvalue weighted by Gasteiger charge is -2.27. The summed E-state index contributed by atoms with van der Waals surface area (Å²) < 4.78 is 5.97. The number of nitrogens with two attached hydrogens (primary N) is 1. The lowest BCUT2D eigenvalue weighted by Crippen LogP contribution is -2.31. The molecule has 0 aliphatic rings. The van der Waals surface area contributed by atoms with Crippen LogP contribution >= 0.6 is 27.5 Å². The standard InChI is InChI=1S/C13H20BrClN2O/c1-17(6-3-7-18-2)13(9-16)10-4-5-12(15)11(14)8-10/h4-5,8,13H,3,6-7,9,16H2,1-2H3. The zero-order valence-electron chi connectivity index (χ0n) is 10.8. The number of hydrogen-bond donors (Lipinski definition) is 1. The molecule has 0 aliphatic carbocycles. The van der Waals surface area contributed by atoms with Crippen molar-refractivity contribution in [1.82, 2.24) is 4.90 Å². The molecule has 0 heterocycles. The molecule has 0 spiro atoms. The van der Waals surface area contributed by atoms with Crippen LogP contribution in [0, 0.1) is 0 Å². The third-order valence-corrected chi connectivity index (χ3v) is 4.16. The van der Waals surface area contributed by atoms with Gasteiger partial charge in [0, 0.05) is 37.3 Å². The van der Waals surface area contributed by atoms with E-state index in [0.29, 0.717) is 6.54 Å². The van der Waals surface area contributed by atoms with Crippen molar-refractivity contribution in [1.29, 1.82) is 0 Å². The highest BCUT2D eigenvalue weighted by Crippen LogP contribution is 2.27. The predicted molar refractivity (Wildman–Crippen MR) is 80.1 cm³/mol. The zero-order valence-corrected chi connectivity index (χ0v) is 13.2. The molecule has 0 aromatic heterocycles. The Labute approximate surface area is 122 Å². The maximum absolute atomic E-state index is 6.00. The van der Waals surface area contributed by atoms with Gasteiger partial charge in [0.15, 0.2) is 0 Å². The molecule has 1 atom stereocenters. The Morgan fingerprint density at radius 3 is 2.78 bits per heavy atom. The number of hydrogen-bond acceptors (Lipinski definition) is 3. The molecule has 3 nitrogen and oxygen atoms in total. The Bertz CT molecular complexity index is 376. The van der Waals surface area contributed by atoms with Gasteiger partial charge in [-0.1, -0.05) is 17.7 Å². The summed E-state index contributed by atoms with van der Waals surface area (Å²) in [7, 11) is 3.80. The Morgan fingerprint density at radius 1 is 1.50 bits per heavy atom. The second kappa shape index (κ2) is 8.12. The molecule has 0 bridgehead atoms. The fourth-order valence-corrected chi connectivity index (χ4v) is 2.42. The lowest BCUT2D eigenvalue weighted by molar-refractivity contribution is 0.166. The first kappa shape index (κ1) is 15.9. The topological polar surface area (TPSA) is 38.5 Å². The van der Waals surface area contributed by atoms with Gasteiger partial charge in [-0.05, 0) is 47.1 Å². The van der Waals surface area contributed by atoms with Crippen LogP contribution in [0.3, 0.4) is 0 Å². The molecular formula is C13H20BrClN2O. The predicted octanol–water partition coefficient (Wildman–Crippen LogP) is 3.07. The highest BCUT2D eigenvalue weighted by Gasteiger charge is 2.15. The van der Waals surface area contributed by atoms with Gasteiger partial charge < -0.3 is 10.5 Å². The second-order valence-corrected chi connectivity index (χ2v) is 5.51. The maximum atomic E-state index is 6.00. The molecule has 0 saturated carbocycles. The Morgan fingerprint density at radius 2 is 2.22 bits per heavy atom. The van der Waals surface area contributed by atoms with Gasteiger partial charge in [0.25, 0.3) is 0 Å². The summed E-state index contributed by atoms with van der Waals surface area (Å²) in [6.45, 7) is 2.31. The molecule has 102 valence electrons. The van der Waals surface area contributed by atoms with Crippen LogP contribution in [-0.4, -0.2) is 38.8 Å². The van der Waals surface area contributed by atoms with E-state index >= 15 is 0 Å². The molecule has 5 heteroatoms. The smallest absolute Gasteiger partial charge is 0.0548 e. The second-order valence-electron chi connectivity index (χ2n) is 4.25. The number of benzene rings is 1. The van der Waals surface area contributed by atoms with E-state index < -0.39 is 0 Å². The van der Waals surface area contributed by atoms with Gasteiger partial charge in [0.1, 0.15) is 0 Å². The average molecular weight is 336 g/mol. The summed E-state index contributed by atoms with van der Waals surface area (Å²) in [5.74, 6) is 0. The van der Waals surface area contributed by atoms with Crippen molar-refractivity contribution < 1.29 is 4.74 Å². The normalized spacial score (nSPS) is 13.0. The monoisotopic (exact) mass is 334 g/mol. The summed E-state index contributed by atoms with van der Waals surface area (Å²) >= 11 is 9.45. The molecule has 0 saturated heterocycles. The number of methoxy groups -OCH3 is 1. The Balaban J connectivity index is 2.72. The van der Waals surface area contributed by atoms with Gasteiger partial charge in [-0.15, -0.1) is 0 Å². The first-order valence-corrected chi connectivity index (χ1v) is 7.11. The molecular weight excluding hydrogens is 316 g/mol. The van der Waals surface area contributed by atoms with E-state index in [1.165, 1.54) is 5.56 Å². The molecule has 18 heavy (non-hydrogen) atoms. The van der Waals surface area contributed by atoms with E-state index in [9.17, 15) is 0 Å². The molecule has 1 rings (SSSR count). The zero-order chi connectivity index (χ0) is 13.5. The molecule has 0 aliphatic heterocycles. The van der Waals surface area contributed by atoms with Crippen LogP contribution < -0.4 is 5.73 Å². The third-order valence-electron chi connectivity index (χ3n) is 2.94. The molecule has 1 aromatic carbocycles. The summed E-state index contributed by atoms with van der Waals surface area (Å²) in [6.07, 6.45) is 0.998. The number of halogens is 2. The Kier molecular flexibility index (Phi) is 7.19. The van der Waals surface area contributed by atoms with Gasteiger partial charge in [-0.3, -0.25) is 4.90 Å². The largest absolute Gasteiger partial charge is 0.385 e. The van der Waals surface area contributed by atoms with Crippen molar-refractivity contribution in [3.63, 3.8) is 0 Å². The van der Waals surface area contributed by atoms with E-state index in [4.69, 9.17) is 22.1 Å². The highest BCUT2D eigenvalue weighted by atomic mass is 79.9. The van der Waals surface area contributed by atoms with Crippen molar-refractivity contribution >= 4 is 27.5 Å². The fourth-order valence-electron chi connectivity index (χ4n) is 1.90. The SMILES string of the molecule is COCCCN(C)C(CN)c1ccc(Cl)c(Br)c1. The minimum absolute atomic E-state index is 0.204. The minimum Gasteiger partial charge on any atom is -0.385 e. The van der Waals surface area contributed by atoms with Crippen LogP contribution in [-0.2, 0) is 4.74 Å². The number of ether oxygens (including phenoxy) is 1. The van der Waals surface area contributed by atoms with Crippen LogP contribution in [0.2, 0.25) is 5.02 Å². The molecule has 0 fully saturated rings. The van der Waals surface area contributed by atoms with Gasteiger partial charge >= 0.3 is 0 Å². The van der Waals surface area contributed by atoms with Gasteiger partial charge in [-0.2, -0.15) is 0 Å². The maximum Gasteiger partial charge on any atom is 0.0548 e. The number of rotatable bonds is 7. The summed E-state index contributed by atoms with van der Waals surface area (Å²) in [5.41, 5.74) is 7.05. The van der Waals surface area contributed by atoms with Crippen LogP contribution in [0.25, 0.3) is 0 Å². The van der Waals surface area contributed by atoms with Crippen LogP contribution in [0.1, 0.15) is 18.0 Å². The summed E-state index contributed by atoms with van der Waals surface area (Å²) in [5, 5.41) is 0.719. The first-order chi connectivity index (χ1) is 8.60. The first-order valence-electron chi connectivity index (χ1n) is 5.94. The van der Waals surface area contributed by atoms with E-state index in [-0.39, 0.29) is 6.04 Å². The summed E-state index contributed by atoms with van der Waals surface area (Å²) in [4.78, 5) is 2.24. The highest BCUT2D eigenvalue weighted by molar-refractivity contribution is 9.10. The molecule has 0 radical (unpaired) electrons. The Hall–Kier alpha value is -0.130. The van der Waals surface area contributed by atoms with Crippen LogP contribution in [0.5, 0.6) is 0 Å². The quantitative estimate of drug-likeness (QED) is 0.778. The molecule has 2 N–H and O–H groups in total. The van der Waals surface area contributed by atoms with Gasteiger partial charge in [0.2, 0.25) is 0 Å². The fraction of sp³-hybridized carbons (Fsp3) is 0.538. The lowest BCUT2D eigenvalue weighted by atomic mass is 10.1. The van der Waals surface area contributed by atoms with Crippen LogP contribution in [0.4, 0.5) is 0 Å². The minimum atomic E-state index is 0.204. The number of likely N-dealkylation sites (N-methyl/N-ethyl adjacent to an activating group) is 1. The molecule has 1 unspecified atom stereocenters. The van der Waals surface area contributed by atoms with Crippen LogP contribution in [0.15, 0.2) is 22.7 Å². The number of nitrogens with zero attached hydrogens (tertiary/aromatic N) is 1. The van der Waals surface area contributed by atoms with E-state index in [2.05, 4.69) is 27.9 Å². The van der Waals surface area contributed by atoms with E-state index in [0.717, 1.165) is 29.1 Å². The molecule has 1 aromatic rings. The van der Waals surface area contributed by atoms with E-state index in [1.54, 1.807) is 7.11 Å². The van der Waals surface area contributed by atoms with Crippen molar-refractivity contribution in [2.75, 3.05) is 33.9 Å². The van der Waals surface area contributed by atoms with Gasteiger partial charge in [-0.25, -0.2) is 0 Å². The van der Waals surface area contributed by atoms with E-state index in [1.807, 2.05) is 18.2 Å². The van der Waals surface area contributed by atoms with Crippen molar-refractivity contribution in [2.45, 2.75) is 12.5 Å². The van der Waals surface area contributed by atoms with Crippen molar-refractivity contribution in [2.24, 2.45) is 5.73 Å². The van der Waals surface area contributed by atoms with Crippen molar-refractivity contribution in [3.8, 4) is 0 Å². The van der Waals surface area contributed by atoms with Crippen molar-refractivity contribution in [3.05, 3.63) is 33.3 Å². The van der Waals surface area contributed by atoms with Gasteiger partial charge in [0.05, 0.1) is 5.02 Å². The molecule has 0 amide bonds.